The van der Waals surface area contributed by atoms with Crippen LogP contribution >= 0.6 is 0 Å². The lowest BCUT2D eigenvalue weighted by molar-refractivity contribution is 0.135. The lowest BCUT2D eigenvalue weighted by Gasteiger charge is -2.35. The third-order valence-electron chi connectivity index (χ3n) is 4.91. The van der Waals surface area contributed by atoms with E-state index in [1.807, 2.05) is 0 Å². The highest BCUT2D eigenvalue weighted by Crippen LogP contribution is 2.38. The van der Waals surface area contributed by atoms with Crippen LogP contribution in [-0.4, -0.2) is 48.6 Å². The molecule has 2 aliphatic heterocycles. The van der Waals surface area contributed by atoms with Crippen LogP contribution in [0.3, 0.4) is 0 Å². The van der Waals surface area contributed by atoms with Crippen molar-refractivity contribution in [1.29, 1.82) is 0 Å². The summed E-state index contributed by atoms with van der Waals surface area (Å²) in [6.07, 6.45) is 7.25. The molecule has 3 rings (SSSR count). The van der Waals surface area contributed by atoms with Crippen LogP contribution in [0.4, 0.5) is 0 Å². The van der Waals surface area contributed by atoms with Gasteiger partial charge in [-0.25, -0.2) is 0 Å². The molecule has 92 valence electrons. The molecule has 2 heterocycles. The summed E-state index contributed by atoms with van der Waals surface area (Å²) in [6, 6.07) is 0.894. The Bertz CT molecular complexity index is 241. The molecule has 0 bridgehead atoms. The lowest BCUT2D eigenvalue weighted by Crippen LogP contribution is -2.44. The first-order valence-corrected chi connectivity index (χ1v) is 7.29. The summed E-state index contributed by atoms with van der Waals surface area (Å²) < 4.78 is 0. The van der Waals surface area contributed by atoms with Crippen molar-refractivity contribution in [3.05, 3.63) is 0 Å². The predicted molar refractivity (Wildman–Crippen MR) is 67.5 cm³/mol. The summed E-state index contributed by atoms with van der Waals surface area (Å²) in [5.74, 6) is 2.06. The predicted octanol–water partition coefficient (Wildman–Crippen LogP) is 2.20. The second-order valence-corrected chi connectivity index (χ2v) is 6.27. The van der Waals surface area contributed by atoms with Gasteiger partial charge in [0.15, 0.2) is 0 Å². The average molecular weight is 222 g/mol. The number of piperidine rings is 1. The monoisotopic (exact) mass is 222 g/mol. The molecule has 1 aliphatic carbocycles. The van der Waals surface area contributed by atoms with Crippen molar-refractivity contribution in [2.24, 2.45) is 11.8 Å². The number of nitrogens with zero attached hydrogens (tertiary/aromatic N) is 2. The van der Waals surface area contributed by atoms with Crippen LogP contribution in [0.2, 0.25) is 0 Å². The molecule has 0 radical (unpaired) electrons. The molecule has 1 saturated carbocycles. The van der Waals surface area contributed by atoms with E-state index in [0.717, 1.165) is 17.9 Å². The largest absolute Gasteiger partial charge is 0.301 e. The first kappa shape index (κ1) is 11.0. The van der Waals surface area contributed by atoms with Crippen molar-refractivity contribution in [3.63, 3.8) is 0 Å². The van der Waals surface area contributed by atoms with Crippen molar-refractivity contribution >= 4 is 0 Å². The van der Waals surface area contributed by atoms with Gasteiger partial charge in [-0.05, 0) is 57.2 Å². The zero-order chi connectivity index (χ0) is 11.0. The Hall–Kier alpha value is -0.0800. The minimum Gasteiger partial charge on any atom is -0.301 e. The van der Waals surface area contributed by atoms with Crippen molar-refractivity contribution in [3.8, 4) is 0 Å². The summed E-state index contributed by atoms with van der Waals surface area (Å²) >= 11 is 0. The van der Waals surface area contributed by atoms with Crippen LogP contribution in [0.1, 0.15) is 39.0 Å². The van der Waals surface area contributed by atoms with Gasteiger partial charge in [0.05, 0.1) is 0 Å². The Kier molecular flexibility index (Phi) is 3.21. The molecule has 0 aromatic carbocycles. The van der Waals surface area contributed by atoms with Crippen LogP contribution in [0.5, 0.6) is 0 Å². The number of hydrogen-bond donors (Lipinski definition) is 0. The van der Waals surface area contributed by atoms with Crippen LogP contribution < -0.4 is 0 Å². The van der Waals surface area contributed by atoms with Gasteiger partial charge >= 0.3 is 0 Å². The fourth-order valence-electron chi connectivity index (χ4n) is 3.60. The molecule has 2 saturated heterocycles. The molecule has 0 spiro atoms. The van der Waals surface area contributed by atoms with Gasteiger partial charge < -0.3 is 4.90 Å². The molecular formula is C14H26N2. The minimum atomic E-state index is 0.894. The Labute approximate surface area is 100.0 Å². The third kappa shape index (κ3) is 2.43. The highest BCUT2D eigenvalue weighted by Gasteiger charge is 2.35. The average Bonchev–Trinajstić information content (AvgIpc) is 3.00. The molecular weight excluding hydrogens is 196 g/mol. The Balaban J connectivity index is 1.55. The van der Waals surface area contributed by atoms with Crippen molar-refractivity contribution in [2.75, 3.05) is 32.7 Å². The summed E-state index contributed by atoms with van der Waals surface area (Å²) in [4.78, 5) is 5.53. The van der Waals surface area contributed by atoms with Crippen molar-refractivity contribution < 1.29 is 0 Å². The quantitative estimate of drug-likeness (QED) is 0.707. The van der Waals surface area contributed by atoms with Gasteiger partial charge in [0.1, 0.15) is 0 Å². The van der Waals surface area contributed by atoms with Gasteiger partial charge in [-0.15, -0.1) is 0 Å². The van der Waals surface area contributed by atoms with E-state index < -0.39 is 0 Å². The van der Waals surface area contributed by atoms with Gasteiger partial charge in [0.2, 0.25) is 0 Å². The van der Waals surface area contributed by atoms with E-state index in [1.54, 1.807) is 0 Å². The van der Waals surface area contributed by atoms with Crippen molar-refractivity contribution in [2.45, 2.75) is 45.1 Å². The molecule has 0 N–H and O–H groups in total. The molecule has 16 heavy (non-hydrogen) atoms. The SMILES string of the molecule is CC1CC1CN1CCCN2CCCCC2C1. The highest BCUT2D eigenvalue weighted by molar-refractivity contribution is 4.89. The van der Waals surface area contributed by atoms with Crippen LogP contribution in [0, 0.1) is 11.8 Å². The standard InChI is InChI=1S/C14H26N2/c1-12-9-13(12)10-15-6-4-8-16-7-3-2-5-14(16)11-15/h12-14H,2-11H2,1H3. The third-order valence-corrected chi connectivity index (χ3v) is 4.91. The molecule has 2 heteroatoms. The van der Waals surface area contributed by atoms with E-state index in [1.165, 1.54) is 64.8 Å². The molecule has 3 aliphatic rings. The molecule has 3 fully saturated rings. The summed E-state index contributed by atoms with van der Waals surface area (Å²) in [7, 11) is 0. The van der Waals surface area contributed by atoms with Gasteiger partial charge in [-0.2, -0.15) is 0 Å². The lowest BCUT2D eigenvalue weighted by atomic mass is 10.0. The zero-order valence-electron chi connectivity index (χ0n) is 10.7. The van der Waals surface area contributed by atoms with Gasteiger partial charge in [0, 0.05) is 19.1 Å². The zero-order valence-corrected chi connectivity index (χ0v) is 10.7. The Morgan fingerprint density at radius 2 is 1.88 bits per heavy atom. The van der Waals surface area contributed by atoms with Crippen molar-refractivity contribution in [1.82, 2.24) is 9.80 Å². The fraction of sp³-hybridized carbons (Fsp3) is 1.00. The van der Waals surface area contributed by atoms with E-state index >= 15 is 0 Å². The van der Waals surface area contributed by atoms with E-state index in [2.05, 4.69) is 16.7 Å². The van der Waals surface area contributed by atoms with Crippen LogP contribution in [-0.2, 0) is 0 Å². The Morgan fingerprint density at radius 1 is 1.06 bits per heavy atom. The second-order valence-electron chi connectivity index (χ2n) is 6.27. The maximum atomic E-state index is 2.77. The first-order valence-electron chi connectivity index (χ1n) is 7.29. The maximum Gasteiger partial charge on any atom is 0.0223 e. The summed E-state index contributed by atoms with van der Waals surface area (Å²) in [6.45, 7) is 9.26. The minimum absolute atomic E-state index is 0.894. The van der Waals surface area contributed by atoms with E-state index in [4.69, 9.17) is 0 Å². The highest BCUT2D eigenvalue weighted by atomic mass is 15.2. The first-order chi connectivity index (χ1) is 7.83. The van der Waals surface area contributed by atoms with Gasteiger partial charge in [-0.1, -0.05) is 13.3 Å². The Morgan fingerprint density at radius 3 is 2.69 bits per heavy atom. The van der Waals surface area contributed by atoms with Crippen LogP contribution in [0.25, 0.3) is 0 Å². The van der Waals surface area contributed by atoms with E-state index in [-0.39, 0.29) is 0 Å². The van der Waals surface area contributed by atoms with Crippen LogP contribution in [0.15, 0.2) is 0 Å². The normalized spacial score (nSPS) is 41.4. The molecule has 3 unspecified atom stereocenters. The van der Waals surface area contributed by atoms with Gasteiger partial charge in [0.25, 0.3) is 0 Å². The maximum absolute atomic E-state index is 2.77. The molecule has 2 nitrogen and oxygen atoms in total. The smallest absolute Gasteiger partial charge is 0.0223 e. The fourth-order valence-corrected chi connectivity index (χ4v) is 3.60. The number of rotatable bonds is 2. The topological polar surface area (TPSA) is 6.48 Å². The van der Waals surface area contributed by atoms with E-state index in [0.29, 0.717) is 0 Å². The molecule has 0 aromatic rings. The molecule has 0 amide bonds. The summed E-state index contributed by atoms with van der Waals surface area (Å²) in [5.41, 5.74) is 0. The van der Waals surface area contributed by atoms with Gasteiger partial charge in [-0.3, -0.25) is 4.90 Å². The molecule has 0 aromatic heterocycles. The second kappa shape index (κ2) is 4.66. The summed E-state index contributed by atoms with van der Waals surface area (Å²) in [5, 5.41) is 0. The number of hydrogen-bond acceptors (Lipinski definition) is 2. The molecule has 3 atom stereocenters. The number of fused-ring (bicyclic) bond motifs is 1. The van der Waals surface area contributed by atoms with E-state index in [9.17, 15) is 0 Å².